The van der Waals surface area contributed by atoms with E-state index in [1.807, 2.05) is 42.5 Å². The van der Waals surface area contributed by atoms with Crippen molar-refractivity contribution in [2.24, 2.45) is 0 Å². The largest absolute Gasteiger partial charge is 0.481 e. The molecule has 3 heteroatoms. The predicted octanol–water partition coefficient (Wildman–Crippen LogP) is 5.52. The summed E-state index contributed by atoms with van der Waals surface area (Å²) in [6, 6.07) is 0. The van der Waals surface area contributed by atoms with Gasteiger partial charge in [-0.15, -0.1) is 0 Å². The Bertz CT molecular complexity index is 493. The van der Waals surface area contributed by atoms with Gasteiger partial charge in [-0.05, 0) is 38.5 Å². The van der Waals surface area contributed by atoms with Crippen LogP contribution in [0.2, 0.25) is 0 Å². The van der Waals surface area contributed by atoms with Crippen LogP contribution in [0.15, 0.2) is 72.9 Å². The first-order valence-electron chi connectivity index (χ1n) is 9.01. The zero-order valence-corrected chi connectivity index (χ0v) is 15.3. The van der Waals surface area contributed by atoms with Gasteiger partial charge in [0.15, 0.2) is 0 Å². The van der Waals surface area contributed by atoms with E-state index in [0.717, 1.165) is 25.7 Å². The summed E-state index contributed by atoms with van der Waals surface area (Å²) >= 11 is 0. The molecule has 0 radical (unpaired) electrons. The lowest BCUT2D eigenvalue weighted by atomic mass is 10.2. The van der Waals surface area contributed by atoms with Gasteiger partial charge in [0.2, 0.25) is 0 Å². The van der Waals surface area contributed by atoms with Crippen LogP contribution in [0.5, 0.6) is 0 Å². The van der Waals surface area contributed by atoms with Crippen molar-refractivity contribution in [2.75, 3.05) is 0 Å². The molecule has 0 saturated carbocycles. The summed E-state index contributed by atoms with van der Waals surface area (Å²) in [5.74, 6) is -0.753. The van der Waals surface area contributed by atoms with Gasteiger partial charge in [-0.2, -0.15) is 0 Å². The molecule has 0 amide bonds. The second-order valence-corrected chi connectivity index (χ2v) is 5.57. The summed E-state index contributed by atoms with van der Waals surface area (Å²) < 4.78 is 0. The third-order valence-corrected chi connectivity index (χ3v) is 3.21. The van der Waals surface area contributed by atoms with Crippen LogP contribution in [0.25, 0.3) is 0 Å². The second kappa shape index (κ2) is 18.2. The van der Waals surface area contributed by atoms with Crippen LogP contribution in [0.1, 0.15) is 51.9 Å². The molecule has 0 aromatic carbocycles. The Morgan fingerprint density at radius 2 is 1.52 bits per heavy atom. The maximum Gasteiger partial charge on any atom is 0.303 e. The number of unbranched alkanes of at least 4 members (excludes halogenated alkanes) is 1. The summed E-state index contributed by atoms with van der Waals surface area (Å²) in [6.45, 7) is 2.08. The maximum absolute atomic E-state index is 10.3. The van der Waals surface area contributed by atoms with Crippen molar-refractivity contribution >= 4 is 5.97 Å². The predicted molar refractivity (Wildman–Crippen MR) is 106 cm³/mol. The highest BCUT2D eigenvalue weighted by atomic mass is 16.4. The number of rotatable bonds is 14. The molecule has 0 aliphatic rings. The molecule has 2 N–H and O–H groups in total. The minimum Gasteiger partial charge on any atom is -0.481 e. The Morgan fingerprint density at radius 3 is 2.24 bits per heavy atom. The third-order valence-electron chi connectivity index (χ3n) is 3.21. The van der Waals surface area contributed by atoms with Crippen molar-refractivity contribution in [1.29, 1.82) is 0 Å². The topological polar surface area (TPSA) is 57.5 Å². The van der Waals surface area contributed by atoms with Crippen molar-refractivity contribution in [3.05, 3.63) is 72.9 Å². The molecule has 0 rings (SSSR count). The van der Waals surface area contributed by atoms with Crippen molar-refractivity contribution in [3.63, 3.8) is 0 Å². The standard InChI is InChI=1S/C22H32O3/c1-2-3-15-18-21(23)19-16-13-11-9-7-5-4-6-8-10-12-14-17-20-22(24)25/h3,6-9,11-16,19,21,23H,2,4-5,10,17-18,20H2,1H3,(H,24,25)/b8-6-,9-7+,13-11+,14-12-,15-3-,19-16+/t21-/m1/s1. The molecule has 0 aromatic heterocycles. The van der Waals surface area contributed by atoms with Crippen molar-refractivity contribution < 1.29 is 15.0 Å². The van der Waals surface area contributed by atoms with Gasteiger partial charge >= 0.3 is 5.97 Å². The first-order chi connectivity index (χ1) is 12.2. The zero-order chi connectivity index (χ0) is 18.6. The van der Waals surface area contributed by atoms with E-state index in [1.54, 1.807) is 6.08 Å². The van der Waals surface area contributed by atoms with Gasteiger partial charge in [-0.3, -0.25) is 4.79 Å². The molecule has 3 nitrogen and oxygen atoms in total. The lowest BCUT2D eigenvalue weighted by Crippen LogP contribution is -1.98. The minimum absolute atomic E-state index is 0.197. The monoisotopic (exact) mass is 344 g/mol. The fourth-order valence-electron chi connectivity index (χ4n) is 1.88. The van der Waals surface area contributed by atoms with Gasteiger partial charge < -0.3 is 10.2 Å². The number of carboxylic acid groups (broad SMARTS) is 1. The number of aliphatic hydroxyl groups is 1. The molecule has 0 heterocycles. The number of hydrogen-bond donors (Lipinski definition) is 2. The number of carbonyl (C=O) groups is 1. The molecule has 0 unspecified atom stereocenters. The van der Waals surface area contributed by atoms with Gasteiger partial charge in [0.25, 0.3) is 0 Å². The van der Waals surface area contributed by atoms with Crippen molar-refractivity contribution in [3.8, 4) is 0 Å². The average Bonchev–Trinajstić information content (AvgIpc) is 2.58. The molecule has 0 spiro atoms. The molecule has 0 bridgehead atoms. The first kappa shape index (κ1) is 22.9. The Labute approximate surface area is 152 Å². The fourth-order valence-corrected chi connectivity index (χ4v) is 1.88. The van der Waals surface area contributed by atoms with Crippen LogP contribution < -0.4 is 0 Å². The van der Waals surface area contributed by atoms with E-state index in [2.05, 4.69) is 31.2 Å². The van der Waals surface area contributed by atoms with Gasteiger partial charge in [-0.25, -0.2) is 0 Å². The maximum atomic E-state index is 10.3. The van der Waals surface area contributed by atoms with Crippen LogP contribution in [-0.4, -0.2) is 22.3 Å². The number of aliphatic hydroxyl groups excluding tert-OH is 1. The number of allylic oxidation sites excluding steroid dienone is 10. The summed E-state index contributed by atoms with van der Waals surface area (Å²) in [4.78, 5) is 10.3. The van der Waals surface area contributed by atoms with Crippen molar-refractivity contribution in [2.45, 2.75) is 58.0 Å². The van der Waals surface area contributed by atoms with E-state index in [1.165, 1.54) is 0 Å². The first-order valence-corrected chi connectivity index (χ1v) is 9.01. The normalized spacial score (nSPS) is 14.3. The van der Waals surface area contributed by atoms with Gasteiger partial charge in [0, 0.05) is 6.42 Å². The summed E-state index contributed by atoms with van der Waals surface area (Å²) in [5.41, 5.74) is 0. The van der Waals surface area contributed by atoms with Crippen LogP contribution >= 0.6 is 0 Å². The molecule has 1 atom stereocenters. The van der Waals surface area contributed by atoms with E-state index in [-0.39, 0.29) is 6.42 Å². The van der Waals surface area contributed by atoms with E-state index in [9.17, 15) is 9.90 Å². The Balaban J connectivity index is 3.66. The molecule has 0 aliphatic carbocycles. The Morgan fingerprint density at radius 1 is 0.840 bits per heavy atom. The van der Waals surface area contributed by atoms with Crippen LogP contribution in [-0.2, 0) is 4.79 Å². The zero-order valence-electron chi connectivity index (χ0n) is 15.3. The average molecular weight is 344 g/mol. The molecule has 0 aromatic rings. The highest BCUT2D eigenvalue weighted by Crippen LogP contribution is 1.99. The summed E-state index contributed by atoms with van der Waals surface area (Å²) in [6.07, 6.45) is 28.7. The molecule has 25 heavy (non-hydrogen) atoms. The highest BCUT2D eigenvalue weighted by Gasteiger charge is 1.92. The lowest BCUT2D eigenvalue weighted by molar-refractivity contribution is -0.136. The fraction of sp³-hybridized carbons (Fsp3) is 0.409. The van der Waals surface area contributed by atoms with Crippen LogP contribution in [0.4, 0.5) is 0 Å². The Hall–Kier alpha value is -2.13. The van der Waals surface area contributed by atoms with E-state index < -0.39 is 12.1 Å². The van der Waals surface area contributed by atoms with E-state index in [0.29, 0.717) is 12.8 Å². The Kier molecular flexibility index (Phi) is 16.7. The third kappa shape index (κ3) is 19.8. The van der Waals surface area contributed by atoms with Crippen LogP contribution in [0, 0.1) is 0 Å². The number of hydrogen-bond acceptors (Lipinski definition) is 2. The van der Waals surface area contributed by atoms with Crippen LogP contribution in [0.3, 0.4) is 0 Å². The molecule has 0 aliphatic heterocycles. The summed E-state index contributed by atoms with van der Waals surface area (Å²) in [7, 11) is 0. The van der Waals surface area contributed by atoms with Gasteiger partial charge in [-0.1, -0.05) is 79.8 Å². The quantitative estimate of drug-likeness (QED) is 0.248. The number of aliphatic carboxylic acids is 1. The second-order valence-electron chi connectivity index (χ2n) is 5.57. The summed E-state index contributed by atoms with van der Waals surface area (Å²) in [5, 5.41) is 18.2. The SMILES string of the molecule is CC/C=C\C[C@@H](O)/C=C/C=C/C=C/CC/C=C\C/C=C\CCC(=O)O. The van der Waals surface area contributed by atoms with Crippen molar-refractivity contribution in [1.82, 2.24) is 0 Å². The molecular formula is C22H32O3. The molecule has 138 valence electrons. The number of carboxylic acids is 1. The molecular weight excluding hydrogens is 312 g/mol. The minimum atomic E-state index is -0.753. The van der Waals surface area contributed by atoms with Gasteiger partial charge in [0.05, 0.1) is 6.10 Å². The molecule has 0 fully saturated rings. The van der Waals surface area contributed by atoms with E-state index in [4.69, 9.17) is 5.11 Å². The lowest BCUT2D eigenvalue weighted by Gasteiger charge is -1.98. The van der Waals surface area contributed by atoms with Gasteiger partial charge in [0.1, 0.15) is 0 Å². The highest BCUT2D eigenvalue weighted by molar-refractivity contribution is 5.66. The molecule has 0 saturated heterocycles. The smallest absolute Gasteiger partial charge is 0.303 e. The van der Waals surface area contributed by atoms with E-state index >= 15 is 0 Å².